The number of ether oxygens (including phenoxy) is 15. The van der Waals surface area contributed by atoms with E-state index in [0.717, 1.165) is 98.0 Å². The lowest BCUT2D eigenvalue weighted by molar-refractivity contribution is -0.145. The van der Waals surface area contributed by atoms with Gasteiger partial charge in [0.25, 0.3) is 0 Å². The number of carbonyl (C=O) groups is 2. The lowest BCUT2D eigenvalue weighted by Gasteiger charge is -2.38. The minimum atomic E-state index is -0.207. The molecular weight excluding hydrogens is 1070 g/mol. The fourth-order valence-corrected chi connectivity index (χ4v) is 9.70. The van der Waals surface area contributed by atoms with E-state index in [2.05, 4.69) is 55.4 Å². The normalized spacial score (nSPS) is 15.0. The Labute approximate surface area is 502 Å². The predicted octanol–water partition coefficient (Wildman–Crippen LogP) is 10.9. The second-order valence-electron chi connectivity index (χ2n) is 22.8. The van der Waals surface area contributed by atoms with Gasteiger partial charge in [0.2, 0.25) is 0 Å². The molecule has 2 rings (SSSR count). The van der Waals surface area contributed by atoms with Crippen molar-refractivity contribution in [2.24, 2.45) is 17.8 Å². The zero-order valence-corrected chi connectivity index (χ0v) is 53.4. The number of rotatable bonds is 60. The summed E-state index contributed by atoms with van der Waals surface area (Å²) < 4.78 is 83.7. The van der Waals surface area contributed by atoms with E-state index >= 15 is 0 Å². The molecule has 1 heterocycles. The summed E-state index contributed by atoms with van der Waals surface area (Å²) >= 11 is 0. The van der Waals surface area contributed by atoms with Gasteiger partial charge in [0.05, 0.1) is 165 Å². The van der Waals surface area contributed by atoms with Gasteiger partial charge in [0, 0.05) is 18.4 Å². The topological polar surface area (TPSA) is 193 Å². The van der Waals surface area contributed by atoms with Crippen molar-refractivity contribution in [3.63, 3.8) is 0 Å². The fraction of sp³-hybridized carbons (Fsp3) is 0.877. The lowest BCUT2D eigenvalue weighted by atomic mass is 9.83. The number of aliphatic hydroxyl groups excluding tert-OH is 1. The van der Waals surface area contributed by atoms with Gasteiger partial charge in [0.15, 0.2) is 0 Å². The number of aliphatic hydroxyl groups is 1. The van der Waals surface area contributed by atoms with Crippen molar-refractivity contribution >= 4 is 11.9 Å². The second-order valence-corrected chi connectivity index (χ2v) is 22.8. The van der Waals surface area contributed by atoms with E-state index in [4.69, 9.17) is 76.2 Å². The smallest absolute Gasteiger partial charge is 0.311 e. The van der Waals surface area contributed by atoms with E-state index in [1.54, 1.807) is 0 Å². The molecule has 18 heteroatoms. The van der Waals surface area contributed by atoms with Crippen LogP contribution in [-0.2, 0) is 77.6 Å². The van der Waals surface area contributed by atoms with Gasteiger partial charge in [0.1, 0.15) is 23.7 Å². The molecule has 83 heavy (non-hydrogen) atoms. The van der Waals surface area contributed by atoms with E-state index in [1.807, 2.05) is 0 Å². The van der Waals surface area contributed by atoms with Crippen molar-refractivity contribution in [1.29, 1.82) is 0 Å². The highest BCUT2D eigenvalue weighted by Gasteiger charge is 2.35. The van der Waals surface area contributed by atoms with E-state index < -0.39 is 0 Å². The molecule has 0 saturated carbocycles. The van der Waals surface area contributed by atoms with Gasteiger partial charge in [-0.2, -0.15) is 0 Å². The van der Waals surface area contributed by atoms with Gasteiger partial charge in [-0.25, -0.2) is 0 Å². The zero-order chi connectivity index (χ0) is 60.3. The van der Waals surface area contributed by atoms with Gasteiger partial charge in [-0.15, -0.1) is 0 Å². The minimum Gasteiger partial charge on any atom is -0.487 e. The molecule has 0 aromatic heterocycles. The minimum absolute atomic E-state index is 0.0175. The molecule has 0 radical (unpaired) electrons. The highest BCUT2D eigenvalue weighted by Crippen LogP contribution is 2.45. The molecule has 18 nitrogen and oxygen atoms in total. The van der Waals surface area contributed by atoms with Crippen LogP contribution in [0.25, 0.3) is 0 Å². The molecule has 0 bridgehead atoms. The number of benzene rings is 1. The average molecular weight is 1190 g/mol. The highest BCUT2D eigenvalue weighted by molar-refractivity contribution is 5.74. The number of hydrogen-bond acceptors (Lipinski definition) is 18. The van der Waals surface area contributed by atoms with E-state index in [0.29, 0.717) is 177 Å². The van der Waals surface area contributed by atoms with E-state index in [-0.39, 0.29) is 30.8 Å². The molecule has 0 amide bonds. The monoisotopic (exact) mass is 1190 g/mol. The van der Waals surface area contributed by atoms with E-state index in [1.165, 1.54) is 56.9 Å². The zero-order valence-electron chi connectivity index (χ0n) is 53.4. The van der Waals surface area contributed by atoms with E-state index in [9.17, 15) is 9.59 Å². The van der Waals surface area contributed by atoms with Gasteiger partial charge >= 0.3 is 11.9 Å². The van der Waals surface area contributed by atoms with Gasteiger partial charge < -0.3 is 76.2 Å². The van der Waals surface area contributed by atoms with Crippen molar-refractivity contribution in [2.45, 2.75) is 183 Å². The molecule has 486 valence electrons. The second kappa shape index (κ2) is 52.6. The average Bonchev–Trinajstić information content (AvgIpc) is 2.24. The van der Waals surface area contributed by atoms with Crippen molar-refractivity contribution in [3.05, 3.63) is 22.3 Å². The van der Waals surface area contributed by atoms with Crippen LogP contribution in [0.15, 0.2) is 0 Å². The summed E-state index contributed by atoms with van der Waals surface area (Å²) in [6.45, 7) is 29.4. The van der Waals surface area contributed by atoms with Crippen LogP contribution in [0.1, 0.15) is 172 Å². The summed E-state index contributed by atoms with van der Waals surface area (Å²) in [5.74, 6) is 3.73. The first-order valence-electron chi connectivity index (χ1n) is 32.1. The quantitative estimate of drug-likeness (QED) is 0.0367. The Bertz CT molecular complexity index is 1700. The number of esters is 2. The highest BCUT2D eigenvalue weighted by atomic mass is 16.6. The molecule has 0 aliphatic carbocycles. The van der Waals surface area contributed by atoms with Crippen LogP contribution in [0.2, 0.25) is 0 Å². The lowest BCUT2D eigenvalue weighted by Crippen LogP contribution is -2.37. The maximum Gasteiger partial charge on any atom is 0.311 e. The Morgan fingerprint density at radius 3 is 1.18 bits per heavy atom. The maximum atomic E-state index is 13.0. The van der Waals surface area contributed by atoms with Crippen molar-refractivity contribution in [1.82, 2.24) is 0 Å². The molecule has 1 aliphatic rings. The standard InChI is InChI=1S/C65H118O18/c1-54(2)18-15-19-55(3)20-16-21-56(4)22-17-26-65(8)27-25-60-59(7)63(57(5)58(6)64(60)83-65)82-62(68)24-14-12-10-9-11-13-23-61(67)81-53-52-80-51-50-79-49-48-78-47-46-77-45-44-76-43-42-75-41-40-74-39-38-73-37-36-72-35-34-71-33-32-70-31-30-69-29-28-66/h54-56,66H,9-53H2,1-8H3/t55-,56-,65-/m1/s1. The molecule has 1 aromatic rings. The maximum absolute atomic E-state index is 13.0. The van der Waals surface area contributed by atoms with Crippen molar-refractivity contribution in [3.8, 4) is 11.5 Å². The predicted molar refractivity (Wildman–Crippen MR) is 323 cm³/mol. The molecule has 3 atom stereocenters. The Hall–Kier alpha value is -2.56. The first-order chi connectivity index (χ1) is 40.4. The summed E-state index contributed by atoms with van der Waals surface area (Å²) in [6, 6.07) is 0. The Morgan fingerprint density at radius 1 is 0.434 bits per heavy atom. The molecule has 1 aliphatic heterocycles. The molecule has 0 saturated heterocycles. The largest absolute Gasteiger partial charge is 0.487 e. The number of fused-ring (bicyclic) bond motifs is 1. The Morgan fingerprint density at radius 2 is 0.783 bits per heavy atom. The van der Waals surface area contributed by atoms with Gasteiger partial charge in [-0.3, -0.25) is 9.59 Å². The number of carbonyl (C=O) groups excluding carboxylic acids is 2. The molecule has 1 aromatic carbocycles. The third-order valence-electron chi connectivity index (χ3n) is 14.9. The first-order valence-corrected chi connectivity index (χ1v) is 32.1. The third kappa shape index (κ3) is 42.0. The van der Waals surface area contributed by atoms with Crippen LogP contribution in [0.5, 0.6) is 11.5 Å². The van der Waals surface area contributed by atoms with Crippen LogP contribution in [-0.4, -0.2) is 194 Å². The Kier molecular flexibility index (Phi) is 48.5. The first kappa shape index (κ1) is 76.5. The summed E-state index contributed by atoms with van der Waals surface area (Å²) in [6.07, 6.45) is 19.8. The molecule has 1 N–H and O–H groups in total. The van der Waals surface area contributed by atoms with Crippen LogP contribution in [0.4, 0.5) is 0 Å². The van der Waals surface area contributed by atoms with Crippen LogP contribution in [0, 0.1) is 38.5 Å². The van der Waals surface area contributed by atoms with Crippen LogP contribution >= 0.6 is 0 Å². The molecule has 0 spiro atoms. The fourth-order valence-electron chi connectivity index (χ4n) is 9.70. The summed E-state index contributed by atoms with van der Waals surface area (Å²) in [7, 11) is 0. The van der Waals surface area contributed by atoms with Crippen molar-refractivity contribution in [2.75, 3.05) is 172 Å². The van der Waals surface area contributed by atoms with Crippen LogP contribution < -0.4 is 9.47 Å². The SMILES string of the molecule is Cc1c(C)c2c(c(C)c1OC(=O)CCCCCCCCC(=O)OCCOCCOCCOCCOCCOCCOCCOCCOCCOCCOCCOCCOCCO)CC[C@@](C)(CCC[C@H](C)CCC[C@H](C)CCCC(C)C)O2. The van der Waals surface area contributed by atoms with Crippen LogP contribution in [0.3, 0.4) is 0 Å². The summed E-state index contributed by atoms with van der Waals surface area (Å²) in [4.78, 5) is 25.2. The molecule has 0 fully saturated rings. The number of unbranched alkanes of at least 4 members (excludes halogenated alkanes) is 5. The molecular formula is C65H118O18. The summed E-state index contributed by atoms with van der Waals surface area (Å²) in [5, 5.41) is 8.62. The van der Waals surface area contributed by atoms with Gasteiger partial charge in [-0.05, 0) is 101 Å². The third-order valence-corrected chi connectivity index (χ3v) is 14.9. The summed E-state index contributed by atoms with van der Waals surface area (Å²) in [5.41, 5.74) is 4.13. The van der Waals surface area contributed by atoms with Crippen molar-refractivity contribution < 1.29 is 85.7 Å². The number of hydrogen-bond donors (Lipinski definition) is 1. The Balaban J connectivity index is 1.31. The molecule has 0 unspecified atom stereocenters. The van der Waals surface area contributed by atoms with Gasteiger partial charge in [-0.1, -0.05) is 98.3 Å².